The zero-order chi connectivity index (χ0) is 19.7. The zero-order valence-corrected chi connectivity index (χ0v) is 17.1. The molecule has 2 aromatic carbocycles. The van der Waals surface area contributed by atoms with Crippen LogP contribution >= 0.6 is 11.8 Å². The van der Waals surface area contributed by atoms with E-state index < -0.39 is 0 Å². The van der Waals surface area contributed by atoms with Gasteiger partial charge in [-0.05, 0) is 61.9 Å². The highest BCUT2D eigenvalue weighted by atomic mass is 32.2. The van der Waals surface area contributed by atoms with Gasteiger partial charge in [-0.2, -0.15) is 0 Å². The lowest BCUT2D eigenvalue weighted by Gasteiger charge is -2.43. The molecule has 6 heteroatoms. The third-order valence-corrected chi connectivity index (χ3v) is 6.35. The van der Waals surface area contributed by atoms with Crippen LogP contribution in [0, 0.1) is 0 Å². The second-order valence-electron chi connectivity index (χ2n) is 7.36. The highest BCUT2D eigenvalue weighted by Gasteiger charge is 2.36. The van der Waals surface area contributed by atoms with Crippen LogP contribution in [0.3, 0.4) is 0 Å². The Morgan fingerprint density at radius 3 is 2.82 bits per heavy atom. The number of fused-ring (bicyclic) bond motifs is 2. The number of rotatable bonds is 3. The molecule has 2 aliphatic rings. The molecule has 0 aromatic heterocycles. The lowest BCUT2D eigenvalue weighted by Crippen LogP contribution is -2.53. The molecule has 2 aromatic rings. The van der Waals surface area contributed by atoms with Crippen LogP contribution < -0.4 is 10.2 Å². The van der Waals surface area contributed by atoms with Gasteiger partial charge in [0, 0.05) is 29.7 Å². The number of nitrogens with one attached hydrogen (secondary N) is 1. The number of anilines is 2. The van der Waals surface area contributed by atoms with Crippen molar-refractivity contribution in [3.05, 3.63) is 53.6 Å². The van der Waals surface area contributed by atoms with Crippen LogP contribution in [0.2, 0.25) is 0 Å². The fraction of sp³-hybridized carbons (Fsp3) is 0.364. The van der Waals surface area contributed by atoms with Gasteiger partial charge < -0.3 is 15.1 Å². The topological polar surface area (TPSA) is 52.7 Å². The summed E-state index contributed by atoms with van der Waals surface area (Å²) in [4.78, 5) is 31.0. The van der Waals surface area contributed by atoms with Crippen LogP contribution in [-0.4, -0.2) is 42.7 Å². The van der Waals surface area contributed by atoms with E-state index in [1.54, 1.807) is 23.9 Å². The van der Waals surface area contributed by atoms with Crippen molar-refractivity contribution in [1.29, 1.82) is 0 Å². The van der Waals surface area contributed by atoms with E-state index >= 15 is 0 Å². The van der Waals surface area contributed by atoms with E-state index in [1.165, 1.54) is 0 Å². The monoisotopic (exact) mass is 395 g/mol. The summed E-state index contributed by atoms with van der Waals surface area (Å²) in [5.41, 5.74) is 2.87. The fourth-order valence-electron chi connectivity index (χ4n) is 4.10. The lowest BCUT2D eigenvalue weighted by atomic mass is 10.0. The summed E-state index contributed by atoms with van der Waals surface area (Å²) in [6, 6.07) is 13.2. The Balaban J connectivity index is 1.61. The molecule has 4 rings (SSSR count). The molecule has 1 N–H and O–H groups in total. The maximum absolute atomic E-state index is 13.0. The molecule has 1 fully saturated rings. The van der Waals surface area contributed by atoms with Crippen LogP contribution in [0.4, 0.5) is 11.4 Å². The molecule has 0 aliphatic carbocycles. The number of amides is 2. The van der Waals surface area contributed by atoms with Gasteiger partial charge in [-0.1, -0.05) is 12.5 Å². The van der Waals surface area contributed by atoms with Gasteiger partial charge in [-0.25, -0.2) is 0 Å². The highest BCUT2D eigenvalue weighted by molar-refractivity contribution is 7.98. The van der Waals surface area contributed by atoms with Gasteiger partial charge in [0.1, 0.15) is 6.17 Å². The Morgan fingerprint density at radius 1 is 1.14 bits per heavy atom. The highest BCUT2D eigenvalue weighted by Crippen LogP contribution is 2.34. The number of nitrogens with zero attached hydrogens (tertiary/aromatic N) is 2. The van der Waals surface area contributed by atoms with E-state index in [4.69, 9.17) is 0 Å². The summed E-state index contributed by atoms with van der Waals surface area (Å²) in [6.45, 7) is 0.807. The standard InChI is InChI=1S/C22H25N3O2S/c1-24-19-13-15(21(26)23-16-7-6-8-17(14-16)28-2)10-11-18(19)22(27)25-12-5-3-4-9-20(24)25/h6-8,10-11,13-14,20H,3-5,9,12H2,1-2H3,(H,23,26)/t20-/m0/s1. The van der Waals surface area contributed by atoms with Gasteiger partial charge in [0.2, 0.25) is 0 Å². The van der Waals surface area contributed by atoms with Crippen molar-refractivity contribution < 1.29 is 9.59 Å². The number of hydrogen-bond acceptors (Lipinski definition) is 4. The maximum atomic E-state index is 13.0. The van der Waals surface area contributed by atoms with Crippen molar-refractivity contribution in [2.75, 3.05) is 30.1 Å². The van der Waals surface area contributed by atoms with Crippen molar-refractivity contribution in [3.8, 4) is 0 Å². The van der Waals surface area contributed by atoms with Gasteiger partial charge >= 0.3 is 0 Å². The third-order valence-electron chi connectivity index (χ3n) is 5.63. The van der Waals surface area contributed by atoms with E-state index in [0.29, 0.717) is 11.1 Å². The molecular formula is C22H25N3O2S. The first-order valence-electron chi connectivity index (χ1n) is 9.72. The van der Waals surface area contributed by atoms with Crippen molar-refractivity contribution >= 4 is 35.0 Å². The number of benzene rings is 2. The summed E-state index contributed by atoms with van der Waals surface area (Å²) >= 11 is 1.64. The molecule has 0 unspecified atom stereocenters. The summed E-state index contributed by atoms with van der Waals surface area (Å²) in [7, 11) is 2.03. The Kier molecular flexibility index (Phi) is 5.31. The molecule has 28 heavy (non-hydrogen) atoms. The fourth-order valence-corrected chi connectivity index (χ4v) is 4.55. The predicted octanol–water partition coefficient (Wildman–Crippen LogP) is 4.45. The third kappa shape index (κ3) is 3.49. The first-order chi connectivity index (χ1) is 13.6. The van der Waals surface area contributed by atoms with E-state index in [2.05, 4.69) is 10.2 Å². The zero-order valence-electron chi connectivity index (χ0n) is 16.3. The van der Waals surface area contributed by atoms with Crippen LogP contribution in [0.15, 0.2) is 47.4 Å². The summed E-state index contributed by atoms with van der Waals surface area (Å²) in [6.07, 6.45) is 6.40. The second-order valence-corrected chi connectivity index (χ2v) is 8.24. The number of carbonyl (C=O) groups excluding carboxylic acids is 2. The van der Waals surface area contributed by atoms with Crippen molar-refractivity contribution in [2.45, 2.75) is 36.7 Å². The molecule has 1 atom stereocenters. The van der Waals surface area contributed by atoms with Crippen LogP contribution in [-0.2, 0) is 0 Å². The smallest absolute Gasteiger partial charge is 0.257 e. The summed E-state index contributed by atoms with van der Waals surface area (Å²) in [5, 5.41) is 2.97. The van der Waals surface area contributed by atoms with Gasteiger partial charge in [0.05, 0.1) is 11.3 Å². The van der Waals surface area contributed by atoms with Crippen molar-refractivity contribution in [3.63, 3.8) is 0 Å². The average Bonchev–Trinajstić information content (AvgIpc) is 2.98. The quantitative estimate of drug-likeness (QED) is 0.780. The molecule has 0 bridgehead atoms. The average molecular weight is 396 g/mol. The Bertz CT molecular complexity index is 914. The van der Waals surface area contributed by atoms with E-state index in [0.717, 1.165) is 48.5 Å². The predicted molar refractivity (Wildman–Crippen MR) is 114 cm³/mol. The van der Waals surface area contributed by atoms with Gasteiger partial charge in [0.25, 0.3) is 11.8 Å². The van der Waals surface area contributed by atoms with Gasteiger partial charge in [0.15, 0.2) is 0 Å². The van der Waals surface area contributed by atoms with Crippen LogP contribution in [0.1, 0.15) is 46.4 Å². The van der Waals surface area contributed by atoms with Crippen LogP contribution in [0.5, 0.6) is 0 Å². The Labute approximate surface area is 170 Å². The largest absolute Gasteiger partial charge is 0.354 e. The van der Waals surface area contributed by atoms with Gasteiger partial charge in [-0.15, -0.1) is 11.8 Å². The molecule has 2 heterocycles. The molecule has 0 spiro atoms. The van der Waals surface area contributed by atoms with Crippen molar-refractivity contribution in [1.82, 2.24) is 4.90 Å². The maximum Gasteiger partial charge on any atom is 0.257 e. The van der Waals surface area contributed by atoms with E-state index in [1.807, 2.05) is 48.5 Å². The molecule has 2 aliphatic heterocycles. The molecule has 1 saturated heterocycles. The lowest BCUT2D eigenvalue weighted by molar-refractivity contribution is 0.0661. The number of carbonyl (C=O) groups is 2. The van der Waals surface area contributed by atoms with Gasteiger partial charge in [-0.3, -0.25) is 9.59 Å². The molecule has 2 amide bonds. The SMILES string of the molecule is CSc1cccc(NC(=O)c2ccc3c(c2)N(C)[C@@H]2CCCCCN2C3=O)c1. The first-order valence-corrected chi connectivity index (χ1v) is 10.9. The second kappa shape index (κ2) is 7.87. The number of thioether (sulfide) groups is 1. The van der Waals surface area contributed by atoms with E-state index in [9.17, 15) is 9.59 Å². The summed E-state index contributed by atoms with van der Waals surface area (Å²) in [5.74, 6) is -0.0789. The number of hydrogen-bond donors (Lipinski definition) is 1. The molecule has 5 nitrogen and oxygen atoms in total. The minimum Gasteiger partial charge on any atom is -0.354 e. The Hall–Kier alpha value is -2.47. The molecule has 0 saturated carbocycles. The minimum absolute atomic E-state index is 0.0825. The van der Waals surface area contributed by atoms with Crippen molar-refractivity contribution in [2.24, 2.45) is 0 Å². The molecular weight excluding hydrogens is 370 g/mol. The normalized spacial score (nSPS) is 18.9. The first kappa shape index (κ1) is 18.9. The molecule has 0 radical (unpaired) electrons. The molecule has 146 valence electrons. The summed E-state index contributed by atoms with van der Waals surface area (Å²) < 4.78 is 0. The van der Waals surface area contributed by atoms with E-state index in [-0.39, 0.29) is 18.0 Å². The van der Waals surface area contributed by atoms with Crippen LogP contribution in [0.25, 0.3) is 0 Å². The minimum atomic E-state index is -0.162. The Morgan fingerprint density at radius 2 is 2.00 bits per heavy atom.